The topological polar surface area (TPSA) is 72.3 Å². The molecule has 0 saturated heterocycles. The van der Waals surface area contributed by atoms with Crippen LogP contribution >= 0.6 is 0 Å². The Morgan fingerprint density at radius 3 is 2.52 bits per heavy atom. The summed E-state index contributed by atoms with van der Waals surface area (Å²) in [7, 11) is 3.47. The molecule has 3 saturated carbocycles. The first-order valence-corrected chi connectivity index (χ1v) is 16.4. The van der Waals surface area contributed by atoms with Crippen LogP contribution in [0.1, 0.15) is 51.7 Å². The lowest BCUT2D eigenvalue weighted by Gasteiger charge is -2.61. The molecule has 3 aliphatic carbocycles. The zero-order valence-corrected chi connectivity index (χ0v) is 28.1. The average Bonchev–Trinajstić information content (AvgIpc) is 3.05. The SMILES string of the molecule is C=C(Nc1ccc2c(=O)n(CCc3ccc(OC)cc3F)cnc2c1)N(C)CCc1ccncc1.CC1CC2CC(C1C)C2(C)C. The summed E-state index contributed by atoms with van der Waals surface area (Å²) in [5, 5.41) is 3.79. The fourth-order valence-corrected chi connectivity index (χ4v) is 7.15. The summed E-state index contributed by atoms with van der Waals surface area (Å²) in [6, 6.07) is 14.1. The van der Waals surface area contributed by atoms with Gasteiger partial charge in [0.2, 0.25) is 0 Å². The molecule has 1 N–H and O–H groups in total. The number of likely N-dealkylation sites (N-methyl/N-ethyl adjacent to an activating group) is 1. The van der Waals surface area contributed by atoms with Gasteiger partial charge in [0.1, 0.15) is 11.6 Å². The molecule has 0 spiro atoms. The number of hydrogen-bond acceptors (Lipinski definition) is 6. The van der Waals surface area contributed by atoms with Crippen molar-refractivity contribution in [1.29, 1.82) is 0 Å². The van der Waals surface area contributed by atoms with Gasteiger partial charge in [0.05, 0.1) is 30.2 Å². The number of anilines is 1. The van der Waals surface area contributed by atoms with Crippen LogP contribution in [0.15, 0.2) is 84.4 Å². The van der Waals surface area contributed by atoms with Gasteiger partial charge in [-0.1, -0.05) is 40.3 Å². The Morgan fingerprint density at radius 1 is 1.11 bits per heavy atom. The number of aromatic nitrogens is 3. The highest BCUT2D eigenvalue weighted by atomic mass is 19.1. The Bertz CT molecular complexity index is 1720. The van der Waals surface area contributed by atoms with Crippen LogP contribution in [0.4, 0.5) is 10.1 Å². The number of methoxy groups -OCH3 is 1. The molecule has 0 aliphatic heterocycles. The summed E-state index contributed by atoms with van der Waals surface area (Å²) in [5.41, 5.74) is 3.63. The van der Waals surface area contributed by atoms with E-state index in [-0.39, 0.29) is 11.4 Å². The number of rotatable bonds is 10. The molecule has 2 bridgehead atoms. The van der Waals surface area contributed by atoms with E-state index in [1.54, 1.807) is 30.6 Å². The monoisotopic (exact) mass is 625 g/mol. The molecule has 4 atom stereocenters. The standard InChI is InChI=1S/C27H28FN5O2.C11H20/c1-19(32(2)14-10-20-8-12-29-13-9-20)31-22-5-7-24-26(16-22)30-18-33(27(24)34)15-11-21-4-6-23(35-3)17-25(21)28;1-7-5-9-6-10(8(7)2)11(9,3)4/h4-9,12-13,16-18,31H,1,10-11,14-15H2,2-3H3;7-10H,5-6H2,1-4H3. The van der Waals surface area contributed by atoms with Crippen molar-refractivity contribution in [1.82, 2.24) is 19.4 Å². The number of nitrogens with zero attached hydrogens (tertiary/aromatic N) is 4. The van der Waals surface area contributed by atoms with Crippen molar-refractivity contribution < 1.29 is 9.13 Å². The number of benzene rings is 2. The zero-order valence-electron chi connectivity index (χ0n) is 28.1. The summed E-state index contributed by atoms with van der Waals surface area (Å²) in [5.74, 6) is 4.92. The molecule has 2 aromatic carbocycles. The average molecular weight is 626 g/mol. The minimum absolute atomic E-state index is 0.163. The molecule has 0 amide bonds. The van der Waals surface area contributed by atoms with Gasteiger partial charge >= 0.3 is 0 Å². The maximum Gasteiger partial charge on any atom is 0.261 e. The molecule has 3 aliphatic rings. The van der Waals surface area contributed by atoms with E-state index in [2.05, 4.69) is 49.6 Å². The minimum atomic E-state index is -0.354. The minimum Gasteiger partial charge on any atom is -0.497 e. The van der Waals surface area contributed by atoms with Gasteiger partial charge in [-0.15, -0.1) is 0 Å². The highest BCUT2D eigenvalue weighted by Gasteiger charge is 2.54. The Morgan fingerprint density at radius 2 is 1.87 bits per heavy atom. The highest BCUT2D eigenvalue weighted by Crippen LogP contribution is 2.62. The second-order valence-electron chi connectivity index (χ2n) is 13.7. The van der Waals surface area contributed by atoms with E-state index in [1.807, 2.05) is 36.2 Å². The van der Waals surface area contributed by atoms with Crippen LogP contribution in [0.5, 0.6) is 5.75 Å². The predicted octanol–water partition coefficient (Wildman–Crippen LogP) is 7.56. The molecule has 0 radical (unpaired) electrons. The van der Waals surface area contributed by atoms with Gasteiger partial charge in [0, 0.05) is 44.3 Å². The van der Waals surface area contributed by atoms with Gasteiger partial charge in [0.25, 0.3) is 5.56 Å². The van der Waals surface area contributed by atoms with Gasteiger partial charge in [-0.2, -0.15) is 0 Å². The molecule has 8 heteroatoms. The van der Waals surface area contributed by atoms with E-state index >= 15 is 0 Å². The van der Waals surface area contributed by atoms with Crippen LogP contribution in [-0.4, -0.2) is 40.1 Å². The molecule has 4 unspecified atom stereocenters. The normalized spacial score (nSPS) is 21.0. The van der Waals surface area contributed by atoms with Crippen LogP contribution in [0, 0.1) is 34.9 Å². The highest BCUT2D eigenvalue weighted by molar-refractivity contribution is 5.81. The molecule has 3 fully saturated rings. The van der Waals surface area contributed by atoms with Gasteiger partial charge in [-0.3, -0.25) is 14.3 Å². The number of halogens is 1. The van der Waals surface area contributed by atoms with Crippen LogP contribution in [-0.2, 0) is 19.4 Å². The number of nitrogens with one attached hydrogen (secondary N) is 1. The first kappa shape index (κ1) is 33.2. The second kappa shape index (κ2) is 14.1. The van der Waals surface area contributed by atoms with Crippen molar-refractivity contribution >= 4 is 16.6 Å². The summed E-state index contributed by atoms with van der Waals surface area (Å²) in [6.45, 7) is 15.1. The molecule has 2 aromatic heterocycles. The Kier molecular flexibility index (Phi) is 10.1. The number of pyridine rings is 1. The van der Waals surface area contributed by atoms with E-state index in [4.69, 9.17) is 4.74 Å². The van der Waals surface area contributed by atoms with Crippen molar-refractivity contribution in [2.75, 3.05) is 26.0 Å². The number of ether oxygens (including phenoxy) is 1. The smallest absolute Gasteiger partial charge is 0.261 e. The molecular formula is C38H48FN5O2. The van der Waals surface area contributed by atoms with Crippen molar-refractivity contribution in [3.8, 4) is 5.75 Å². The van der Waals surface area contributed by atoms with Crippen LogP contribution in [0.2, 0.25) is 0 Å². The van der Waals surface area contributed by atoms with E-state index in [0.29, 0.717) is 40.6 Å². The number of fused-ring (bicyclic) bond motifs is 3. The van der Waals surface area contributed by atoms with Crippen LogP contribution < -0.4 is 15.6 Å². The van der Waals surface area contributed by atoms with Crippen LogP contribution in [0.3, 0.4) is 0 Å². The number of aryl methyl sites for hydroxylation is 2. The molecule has 2 heterocycles. The predicted molar refractivity (Wildman–Crippen MR) is 184 cm³/mol. The van der Waals surface area contributed by atoms with E-state index in [0.717, 1.165) is 48.1 Å². The maximum atomic E-state index is 14.2. The summed E-state index contributed by atoms with van der Waals surface area (Å²) in [4.78, 5) is 23.5. The van der Waals surface area contributed by atoms with Crippen molar-refractivity contribution in [3.63, 3.8) is 0 Å². The van der Waals surface area contributed by atoms with Crippen molar-refractivity contribution in [2.45, 2.75) is 59.9 Å². The summed E-state index contributed by atoms with van der Waals surface area (Å²) >= 11 is 0. The first-order chi connectivity index (χ1) is 22.0. The molecule has 7 rings (SSSR count). The fraction of sp³-hybridized carbons (Fsp3) is 0.447. The number of hydrogen-bond donors (Lipinski definition) is 1. The summed E-state index contributed by atoms with van der Waals surface area (Å²) < 4.78 is 20.8. The van der Waals surface area contributed by atoms with Gasteiger partial charge in [0.15, 0.2) is 0 Å². The Labute approximate surface area is 272 Å². The van der Waals surface area contributed by atoms with E-state index < -0.39 is 0 Å². The van der Waals surface area contributed by atoms with Gasteiger partial charge in [-0.05, 0) is 102 Å². The third-order valence-electron chi connectivity index (χ3n) is 10.7. The molecule has 244 valence electrons. The second-order valence-corrected chi connectivity index (χ2v) is 13.7. The lowest BCUT2D eigenvalue weighted by molar-refractivity contribution is -0.124. The molecular weight excluding hydrogens is 577 g/mol. The molecule has 46 heavy (non-hydrogen) atoms. The maximum absolute atomic E-state index is 14.2. The fourth-order valence-electron chi connectivity index (χ4n) is 7.15. The molecule has 4 aromatic rings. The zero-order chi connectivity index (χ0) is 33.0. The third-order valence-corrected chi connectivity index (χ3v) is 10.7. The lowest BCUT2D eigenvalue weighted by atomic mass is 9.44. The Hall–Kier alpha value is -4.20. The first-order valence-electron chi connectivity index (χ1n) is 16.4. The van der Waals surface area contributed by atoms with Gasteiger partial charge < -0.3 is 15.0 Å². The lowest BCUT2D eigenvalue weighted by Crippen LogP contribution is -2.54. The quantitative estimate of drug-likeness (QED) is 0.196. The Balaban J connectivity index is 0.000000316. The van der Waals surface area contributed by atoms with Crippen molar-refractivity contribution in [2.24, 2.45) is 29.1 Å². The van der Waals surface area contributed by atoms with E-state index in [9.17, 15) is 9.18 Å². The van der Waals surface area contributed by atoms with E-state index in [1.165, 1.54) is 42.5 Å². The largest absolute Gasteiger partial charge is 0.497 e. The molecule has 7 nitrogen and oxygen atoms in total. The van der Waals surface area contributed by atoms with Crippen molar-refractivity contribution in [3.05, 3.63) is 107 Å². The summed E-state index contributed by atoms with van der Waals surface area (Å²) in [6.07, 6.45) is 9.34. The van der Waals surface area contributed by atoms with Gasteiger partial charge in [-0.25, -0.2) is 9.37 Å². The van der Waals surface area contributed by atoms with Crippen LogP contribution in [0.25, 0.3) is 10.9 Å². The third kappa shape index (κ3) is 7.27.